The maximum Gasteiger partial charge on any atom is 0.253 e. The number of benzene rings is 1. The molecule has 0 N–H and O–H groups in total. The number of nitrogens with zero attached hydrogens (tertiary/aromatic N) is 3. The van der Waals surface area contributed by atoms with Crippen LogP contribution in [0.25, 0.3) is 0 Å². The smallest absolute Gasteiger partial charge is 0.253 e. The normalized spacial score (nSPS) is 25.8. The van der Waals surface area contributed by atoms with Gasteiger partial charge in [-0.3, -0.25) is 14.6 Å². The molecule has 0 aliphatic carbocycles. The maximum absolute atomic E-state index is 12.9. The molecule has 4 rings (SSSR count). The quantitative estimate of drug-likeness (QED) is 0.786. The third-order valence-corrected chi connectivity index (χ3v) is 7.01. The number of carbonyl (C=O) groups is 1. The fourth-order valence-electron chi connectivity index (χ4n) is 5.30. The highest BCUT2D eigenvalue weighted by Crippen LogP contribution is 2.24. The summed E-state index contributed by atoms with van der Waals surface area (Å²) in [6, 6.07) is 9.08. The van der Waals surface area contributed by atoms with Crippen LogP contribution in [0.3, 0.4) is 0 Å². The topological polar surface area (TPSA) is 26.8 Å². The van der Waals surface area contributed by atoms with Gasteiger partial charge >= 0.3 is 0 Å². The third kappa shape index (κ3) is 4.96. The lowest BCUT2D eigenvalue weighted by molar-refractivity contribution is 0.0542. The Labute approximate surface area is 170 Å². The first kappa shape index (κ1) is 19.9. The molecule has 0 saturated carbocycles. The van der Waals surface area contributed by atoms with Crippen molar-refractivity contribution in [1.29, 1.82) is 0 Å². The van der Waals surface area contributed by atoms with Crippen molar-refractivity contribution in [3.63, 3.8) is 0 Å². The highest BCUT2D eigenvalue weighted by atomic mass is 16.2. The standard InChI is InChI=1S/C24H37N3O/c1-20-6-5-15-27(18-20)23-11-16-26(17-12-23)24(28)22-9-7-21(8-10-22)19-25-13-3-2-4-14-25/h7-10,20,23H,2-6,11-19H2,1H3. The SMILES string of the molecule is CC1CCCN(C2CCN(C(=O)c3ccc(CN4CCCCC4)cc3)CC2)C1. The van der Waals surface area contributed by atoms with E-state index in [0.717, 1.165) is 44.0 Å². The van der Waals surface area contributed by atoms with Gasteiger partial charge in [0.05, 0.1) is 0 Å². The van der Waals surface area contributed by atoms with E-state index in [2.05, 4.69) is 33.8 Å². The van der Waals surface area contributed by atoms with Crippen molar-refractivity contribution in [1.82, 2.24) is 14.7 Å². The Kier molecular flexibility index (Phi) is 6.69. The number of rotatable bonds is 4. The van der Waals surface area contributed by atoms with Crippen molar-refractivity contribution in [3.8, 4) is 0 Å². The van der Waals surface area contributed by atoms with Gasteiger partial charge in [-0.05, 0) is 81.8 Å². The average Bonchev–Trinajstić information content (AvgIpc) is 2.75. The van der Waals surface area contributed by atoms with Gasteiger partial charge < -0.3 is 4.90 Å². The molecule has 0 bridgehead atoms. The van der Waals surface area contributed by atoms with Gasteiger partial charge in [-0.25, -0.2) is 0 Å². The first-order valence-electron chi connectivity index (χ1n) is 11.5. The Bertz CT molecular complexity index is 630. The molecule has 1 amide bonds. The van der Waals surface area contributed by atoms with E-state index in [1.54, 1.807) is 0 Å². The Morgan fingerprint density at radius 1 is 0.893 bits per heavy atom. The van der Waals surface area contributed by atoms with Crippen molar-refractivity contribution >= 4 is 5.91 Å². The fraction of sp³-hybridized carbons (Fsp3) is 0.708. The van der Waals surface area contributed by atoms with Gasteiger partial charge in [-0.1, -0.05) is 25.5 Å². The van der Waals surface area contributed by atoms with Crippen molar-refractivity contribution < 1.29 is 4.79 Å². The van der Waals surface area contributed by atoms with Gasteiger partial charge in [0.15, 0.2) is 0 Å². The monoisotopic (exact) mass is 383 g/mol. The number of carbonyl (C=O) groups excluding carboxylic acids is 1. The van der Waals surface area contributed by atoms with Crippen LogP contribution in [0.2, 0.25) is 0 Å². The van der Waals surface area contributed by atoms with E-state index in [9.17, 15) is 4.79 Å². The van der Waals surface area contributed by atoms with Gasteiger partial charge in [0.2, 0.25) is 0 Å². The molecule has 1 unspecified atom stereocenters. The molecule has 154 valence electrons. The van der Waals surface area contributed by atoms with Crippen LogP contribution in [0.4, 0.5) is 0 Å². The summed E-state index contributed by atoms with van der Waals surface area (Å²) in [5.41, 5.74) is 2.18. The molecule has 0 aromatic heterocycles. The summed E-state index contributed by atoms with van der Waals surface area (Å²) in [6.07, 6.45) is 8.99. The molecule has 3 aliphatic heterocycles. The second-order valence-corrected chi connectivity index (χ2v) is 9.30. The average molecular weight is 384 g/mol. The Hall–Kier alpha value is -1.39. The number of piperidine rings is 3. The lowest BCUT2D eigenvalue weighted by atomic mass is 9.95. The van der Waals surface area contributed by atoms with Crippen molar-refractivity contribution in [2.45, 2.75) is 64.5 Å². The summed E-state index contributed by atoms with van der Waals surface area (Å²) in [4.78, 5) is 20.2. The molecule has 3 aliphatic rings. The lowest BCUT2D eigenvalue weighted by Gasteiger charge is -2.41. The summed E-state index contributed by atoms with van der Waals surface area (Å²) >= 11 is 0. The second kappa shape index (κ2) is 9.41. The first-order valence-corrected chi connectivity index (χ1v) is 11.5. The predicted octanol–water partition coefficient (Wildman–Crippen LogP) is 4.01. The van der Waals surface area contributed by atoms with Crippen molar-refractivity contribution in [2.75, 3.05) is 39.3 Å². The van der Waals surface area contributed by atoms with Crippen LogP contribution in [0, 0.1) is 5.92 Å². The van der Waals surface area contributed by atoms with Crippen LogP contribution in [0.5, 0.6) is 0 Å². The summed E-state index contributed by atoms with van der Waals surface area (Å²) in [5.74, 6) is 1.05. The van der Waals surface area contributed by atoms with Crippen LogP contribution in [-0.2, 0) is 6.54 Å². The minimum absolute atomic E-state index is 0.218. The molecule has 1 aromatic rings. The molecular formula is C24H37N3O. The Morgan fingerprint density at radius 3 is 2.29 bits per heavy atom. The summed E-state index contributed by atoms with van der Waals surface area (Å²) in [7, 11) is 0. The Balaban J connectivity index is 1.27. The Morgan fingerprint density at radius 2 is 1.61 bits per heavy atom. The zero-order valence-corrected chi connectivity index (χ0v) is 17.6. The molecule has 0 spiro atoms. The number of amides is 1. The highest BCUT2D eigenvalue weighted by Gasteiger charge is 2.29. The molecule has 3 saturated heterocycles. The molecule has 28 heavy (non-hydrogen) atoms. The first-order chi connectivity index (χ1) is 13.7. The zero-order chi connectivity index (χ0) is 19.3. The van der Waals surface area contributed by atoms with Crippen LogP contribution in [-0.4, -0.2) is 65.9 Å². The molecule has 4 nitrogen and oxygen atoms in total. The van der Waals surface area contributed by atoms with Gasteiger partial charge in [-0.2, -0.15) is 0 Å². The predicted molar refractivity (Wildman–Crippen MR) is 114 cm³/mol. The highest BCUT2D eigenvalue weighted by molar-refractivity contribution is 5.94. The molecular weight excluding hydrogens is 346 g/mol. The lowest BCUT2D eigenvalue weighted by Crippen LogP contribution is -2.49. The molecule has 1 aromatic carbocycles. The van der Waals surface area contributed by atoms with Crippen LogP contribution in [0.15, 0.2) is 24.3 Å². The van der Waals surface area contributed by atoms with E-state index in [0.29, 0.717) is 6.04 Å². The van der Waals surface area contributed by atoms with E-state index in [1.807, 2.05) is 12.1 Å². The minimum Gasteiger partial charge on any atom is -0.339 e. The number of hydrogen-bond donors (Lipinski definition) is 0. The van der Waals surface area contributed by atoms with Crippen molar-refractivity contribution in [3.05, 3.63) is 35.4 Å². The zero-order valence-electron chi connectivity index (χ0n) is 17.6. The number of likely N-dealkylation sites (tertiary alicyclic amines) is 3. The van der Waals surface area contributed by atoms with E-state index < -0.39 is 0 Å². The van der Waals surface area contributed by atoms with E-state index in [-0.39, 0.29) is 5.91 Å². The summed E-state index contributed by atoms with van der Waals surface area (Å²) in [6.45, 7) is 10.1. The van der Waals surface area contributed by atoms with Crippen molar-refractivity contribution in [2.24, 2.45) is 5.92 Å². The summed E-state index contributed by atoms with van der Waals surface area (Å²) < 4.78 is 0. The molecule has 1 atom stereocenters. The van der Waals surface area contributed by atoms with E-state index >= 15 is 0 Å². The number of hydrogen-bond acceptors (Lipinski definition) is 3. The van der Waals surface area contributed by atoms with E-state index in [4.69, 9.17) is 0 Å². The van der Waals surface area contributed by atoms with Gasteiger partial charge in [0.1, 0.15) is 0 Å². The molecule has 0 radical (unpaired) electrons. The second-order valence-electron chi connectivity index (χ2n) is 9.30. The third-order valence-electron chi connectivity index (χ3n) is 7.01. The van der Waals surface area contributed by atoms with Crippen LogP contribution >= 0.6 is 0 Å². The van der Waals surface area contributed by atoms with Crippen LogP contribution in [0.1, 0.15) is 67.8 Å². The van der Waals surface area contributed by atoms with Crippen LogP contribution < -0.4 is 0 Å². The van der Waals surface area contributed by atoms with Gasteiger partial charge in [-0.15, -0.1) is 0 Å². The van der Waals surface area contributed by atoms with Gasteiger partial charge in [0, 0.05) is 37.8 Å². The molecule has 3 fully saturated rings. The largest absolute Gasteiger partial charge is 0.339 e. The van der Waals surface area contributed by atoms with Gasteiger partial charge in [0.25, 0.3) is 5.91 Å². The molecule has 4 heteroatoms. The fourth-order valence-corrected chi connectivity index (χ4v) is 5.30. The molecule has 3 heterocycles. The summed E-state index contributed by atoms with van der Waals surface area (Å²) in [5, 5.41) is 0. The maximum atomic E-state index is 12.9. The van der Waals surface area contributed by atoms with E-state index in [1.165, 1.54) is 63.8 Å². The minimum atomic E-state index is 0.218.